The normalized spacial score (nSPS) is 27.4. The Kier molecular flexibility index (Phi) is 16.5. The Hall–Kier alpha value is -4.24. The summed E-state index contributed by atoms with van der Waals surface area (Å²) in [5.74, 6) is 4.01. The molecule has 10 aliphatic rings. The number of alkyl carbamates (subject to hydrolysis) is 1. The summed E-state index contributed by atoms with van der Waals surface area (Å²) in [5, 5.41) is 9.99. The number of rotatable bonds is 16. The molecule has 4 fully saturated rings. The molecule has 4 bridgehead atoms. The van der Waals surface area contributed by atoms with Crippen molar-refractivity contribution in [2.75, 3.05) is 45.0 Å². The van der Waals surface area contributed by atoms with Crippen LogP contribution in [0.25, 0.3) is 11.1 Å². The van der Waals surface area contributed by atoms with Crippen LogP contribution >= 0.6 is 23.5 Å². The standard InChI is InChI=1S/C55H75N7O5S2/c1-34-26-46(50-29-39-10-6-8-12-48(39)61(50)54(64)45(23-25-69-5)60-55(65)67-3)56-31-43(34)41-27-35-14-18-37(41)19-15-36-17-21-38(20-16-35)42(28-36)47-32-57-52(59-47)51-30-40-11-7-9-13-49(40)62(51)53(63)44(22-24-68-4)58-33-66-2/h14,17-18,26-28,31-32,38-40,44-45,48-51,56,58H,1,6-13,15-16,19-25,29-30,33H2,2-5H3,(H,57,59)(H,60,65)/t38-,39?,40?,44-,45-,48?,49?,50-,51-/m0/s1. The van der Waals surface area contributed by atoms with Crippen LogP contribution in [-0.4, -0.2) is 113 Å². The number of dihydropyridines is 1. The molecule has 14 heteroatoms. The zero-order valence-electron chi connectivity index (χ0n) is 41.4. The maximum Gasteiger partial charge on any atom is 0.407 e. The average molecular weight is 978 g/mol. The summed E-state index contributed by atoms with van der Waals surface area (Å²) in [5.41, 5.74) is 10.5. The summed E-state index contributed by atoms with van der Waals surface area (Å²) in [6.45, 7) is 5.01. The number of ether oxygens (including phenoxy) is 2. The molecule has 1 aromatic carbocycles. The van der Waals surface area contributed by atoms with Gasteiger partial charge in [0.05, 0.1) is 37.7 Å². The van der Waals surface area contributed by atoms with Gasteiger partial charge in [-0.2, -0.15) is 23.5 Å². The number of nitrogens with one attached hydrogen (secondary N) is 4. The molecule has 12 nitrogen and oxygen atoms in total. The van der Waals surface area contributed by atoms with Gasteiger partial charge in [-0.3, -0.25) is 14.9 Å². The Bertz CT molecular complexity index is 2330. The summed E-state index contributed by atoms with van der Waals surface area (Å²) in [7, 11) is 3.02. The minimum Gasteiger partial charge on any atom is -0.453 e. The molecule has 7 aliphatic carbocycles. The van der Waals surface area contributed by atoms with Gasteiger partial charge in [-0.05, 0) is 159 Å². The van der Waals surface area contributed by atoms with Crippen molar-refractivity contribution in [1.82, 2.24) is 35.7 Å². The molecule has 4 N–H and O–H groups in total. The van der Waals surface area contributed by atoms with Gasteiger partial charge < -0.3 is 34.9 Å². The Labute approximate surface area is 418 Å². The fourth-order valence-electron chi connectivity index (χ4n) is 12.9. The molecular weight excluding hydrogens is 903 g/mol. The van der Waals surface area contributed by atoms with Crippen molar-refractivity contribution < 1.29 is 23.9 Å². The van der Waals surface area contributed by atoms with Crippen LogP contribution in [-0.2, 0) is 31.9 Å². The minimum atomic E-state index is -0.641. The van der Waals surface area contributed by atoms with Crippen molar-refractivity contribution in [1.29, 1.82) is 0 Å². The maximum absolute atomic E-state index is 14.5. The number of aryl methyl sites for hydroxylation is 2. The number of hydrogen-bond donors (Lipinski definition) is 4. The molecule has 372 valence electrons. The lowest BCUT2D eigenvalue weighted by molar-refractivity contribution is -0.138. The van der Waals surface area contributed by atoms with Gasteiger partial charge in [-0.15, -0.1) is 0 Å². The van der Waals surface area contributed by atoms with Crippen LogP contribution in [0, 0.1) is 17.8 Å². The van der Waals surface area contributed by atoms with Crippen LogP contribution in [0.1, 0.15) is 131 Å². The first-order chi connectivity index (χ1) is 33.7. The number of fused-ring (bicyclic) bond motifs is 2. The van der Waals surface area contributed by atoms with Crippen LogP contribution in [0.5, 0.6) is 0 Å². The minimum absolute atomic E-state index is 0.0197. The number of imidazole rings is 1. The molecule has 69 heavy (non-hydrogen) atoms. The summed E-state index contributed by atoms with van der Waals surface area (Å²) >= 11 is 3.45. The SMILES string of the molecule is C=C1C=C([C@@H]2CC3CCCCC3N2C(=O)[C@H](CCSC)NC(=O)OC)NC=C1c1cc2ccc1CCC1=CC[C@H](CC2)C(c2c[nH]c([C@@H]3CC4CCCCC4N3C(=O)[C@H](CCSC)NCOC)n2)=C1. The molecule has 0 radical (unpaired) electrons. The molecule has 1 aromatic heterocycles. The highest BCUT2D eigenvalue weighted by atomic mass is 32.2. The third-order valence-corrected chi connectivity index (χ3v) is 17.7. The fraction of sp³-hybridized carbons (Fsp3) is 0.600. The molecule has 2 aromatic rings. The highest BCUT2D eigenvalue weighted by Crippen LogP contribution is 2.48. The number of carbonyl (C=O) groups is 3. The molecule has 4 unspecified atom stereocenters. The van der Waals surface area contributed by atoms with Gasteiger partial charge >= 0.3 is 6.09 Å². The second-order valence-corrected chi connectivity index (χ2v) is 22.5. The van der Waals surface area contributed by atoms with E-state index in [1.165, 1.54) is 60.6 Å². The van der Waals surface area contributed by atoms with Crippen LogP contribution in [0.2, 0.25) is 0 Å². The van der Waals surface area contributed by atoms with E-state index in [4.69, 9.17) is 14.5 Å². The zero-order chi connectivity index (χ0) is 48.0. The predicted octanol–water partition coefficient (Wildman–Crippen LogP) is 9.49. The summed E-state index contributed by atoms with van der Waals surface area (Å²) < 4.78 is 10.3. The van der Waals surface area contributed by atoms with Gasteiger partial charge in [0.2, 0.25) is 11.8 Å². The number of nitrogens with zero attached hydrogens (tertiary/aromatic N) is 3. The number of allylic oxidation sites excluding steroid dienone is 7. The maximum atomic E-state index is 14.5. The summed E-state index contributed by atoms with van der Waals surface area (Å²) in [6, 6.07) is 6.33. The molecule has 3 amide bonds. The van der Waals surface area contributed by atoms with Crippen molar-refractivity contribution in [3.8, 4) is 0 Å². The first-order valence-corrected chi connectivity index (χ1v) is 28.6. The zero-order valence-corrected chi connectivity index (χ0v) is 43.0. The van der Waals surface area contributed by atoms with Gasteiger partial charge in [0.1, 0.15) is 11.9 Å². The average Bonchev–Trinajstić information content (AvgIpc) is 4.12. The number of benzene rings is 1. The largest absolute Gasteiger partial charge is 0.453 e. The number of H-pyrrole nitrogens is 1. The first-order valence-electron chi connectivity index (χ1n) is 25.8. The van der Waals surface area contributed by atoms with E-state index in [2.05, 4.69) is 92.4 Å². The Morgan fingerprint density at radius 1 is 0.870 bits per heavy atom. The van der Waals surface area contributed by atoms with Gasteiger partial charge in [-0.1, -0.05) is 68.2 Å². The Morgan fingerprint density at radius 2 is 1.57 bits per heavy atom. The summed E-state index contributed by atoms with van der Waals surface area (Å²) in [6.07, 6.45) is 31.7. The Balaban J connectivity index is 0.925. The number of hydrogen-bond acceptors (Lipinski definition) is 10. The highest BCUT2D eigenvalue weighted by molar-refractivity contribution is 7.98. The van der Waals surface area contributed by atoms with E-state index in [-0.39, 0.29) is 42.0 Å². The van der Waals surface area contributed by atoms with Crippen molar-refractivity contribution in [2.24, 2.45) is 17.8 Å². The van der Waals surface area contributed by atoms with E-state index < -0.39 is 12.1 Å². The summed E-state index contributed by atoms with van der Waals surface area (Å²) in [4.78, 5) is 54.9. The lowest BCUT2D eigenvalue weighted by atomic mass is 9.80. The van der Waals surface area contributed by atoms with Gasteiger partial charge in [-0.25, -0.2) is 9.78 Å². The molecule has 12 rings (SSSR count). The topological polar surface area (TPSA) is 141 Å². The number of carbonyl (C=O) groups excluding carboxylic acids is 3. The second-order valence-electron chi connectivity index (χ2n) is 20.5. The first kappa shape index (κ1) is 49.7. The molecule has 9 atom stereocenters. The van der Waals surface area contributed by atoms with Crippen LogP contribution in [0.15, 0.2) is 72.2 Å². The lowest BCUT2D eigenvalue weighted by Crippen LogP contribution is -2.54. The van der Waals surface area contributed by atoms with E-state index in [9.17, 15) is 14.4 Å². The molecule has 2 saturated carbocycles. The van der Waals surface area contributed by atoms with Gasteiger partial charge in [0, 0.05) is 42.9 Å². The number of likely N-dealkylation sites (tertiary alicyclic amines) is 2. The van der Waals surface area contributed by atoms with Crippen molar-refractivity contribution in [2.45, 2.75) is 145 Å². The highest BCUT2D eigenvalue weighted by Gasteiger charge is 2.49. The van der Waals surface area contributed by atoms with Crippen molar-refractivity contribution >= 4 is 52.6 Å². The van der Waals surface area contributed by atoms with E-state index in [0.29, 0.717) is 30.9 Å². The van der Waals surface area contributed by atoms with E-state index >= 15 is 0 Å². The number of aromatic amines is 1. The molecule has 0 spiro atoms. The number of amides is 3. The van der Waals surface area contributed by atoms with Crippen molar-refractivity contribution in [3.63, 3.8) is 0 Å². The van der Waals surface area contributed by atoms with Crippen LogP contribution < -0.4 is 16.0 Å². The lowest BCUT2D eigenvalue weighted by Gasteiger charge is -2.37. The number of methoxy groups -OCH3 is 2. The van der Waals surface area contributed by atoms with Gasteiger partial charge in [0.15, 0.2) is 0 Å². The molecular formula is C55H75N7O5S2. The quantitative estimate of drug-likeness (QED) is 0.120. The van der Waals surface area contributed by atoms with E-state index in [1.807, 2.05) is 6.26 Å². The molecule has 2 saturated heterocycles. The smallest absolute Gasteiger partial charge is 0.407 e. The van der Waals surface area contributed by atoms with E-state index in [0.717, 1.165) is 117 Å². The third kappa shape index (κ3) is 10.8. The van der Waals surface area contributed by atoms with Crippen molar-refractivity contribution in [3.05, 3.63) is 100 Å². The molecule has 3 aliphatic heterocycles. The number of aromatic nitrogens is 2. The third-order valence-electron chi connectivity index (χ3n) is 16.5. The van der Waals surface area contributed by atoms with E-state index in [1.54, 1.807) is 30.6 Å². The Morgan fingerprint density at radius 3 is 2.28 bits per heavy atom. The second kappa shape index (κ2) is 22.9. The van der Waals surface area contributed by atoms with Gasteiger partial charge in [0.25, 0.3) is 0 Å². The number of thioether (sulfide) groups is 2. The molecule has 4 heterocycles. The fourth-order valence-corrected chi connectivity index (χ4v) is 13.9. The predicted molar refractivity (Wildman–Crippen MR) is 279 cm³/mol. The monoisotopic (exact) mass is 978 g/mol. The van der Waals surface area contributed by atoms with Crippen LogP contribution in [0.4, 0.5) is 4.79 Å². The van der Waals surface area contributed by atoms with Crippen LogP contribution in [0.3, 0.4) is 0 Å².